The lowest BCUT2D eigenvalue weighted by Gasteiger charge is -2.37. The van der Waals surface area contributed by atoms with Gasteiger partial charge in [0.05, 0.1) is 34.8 Å². The van der Waals surface area contributed by atoms with E-state index in [9.17, 15) is 19.6 Å². The van der Waals surface area contributed by atoms with Gasteiger partial charge in [0.1, 0.15) is 0 Å². The monoisotopic (exact) mass is 728 g/mol. The maximum Gasteiger partial charge on any atom is 0.328 e. The van der Waals surface area contributed by atoms with E-state index in [1.54, 1.807) is 29.3 Å². The first-order valence-corrected chi connectivity index (χ1v) is 18.9. The Morgan fingerprint density at radius 3 is 2.56 bits per heavy atom. The van der Waals surface area contributed by atoms with Gasteiger partial charge >= 0.3 is 6.03 Å². The summed E-state index contributed by atoms with van der Waals surface area (Å²) in [4.78, 5) is 51.2. The molecule has 13 nitrogen and oxygen atoms in total. The molecule has 8 rings (SSSR count). The minimum Gasteiger partial charge on any atom is -0.445 e. The Labute approximate surface area is 314 Å². The largest absolute Gasteiger partial charge is 0.445 e. The van der Waals surface area contributed by atoms with Crippen molar-refractivity contribution in [2.24, 2.45) is 5.92 Å². The van der Waals surface area contributed by atoms with Crippen LogP contribution in [0.1, 0.15) is 86.2 Å². The van der Waals surface area contributed by atoms with E-state index in [0.29, 0.717) is 52.4 Å². The van der Waals surface area contributed by atoms with Gasteiger partial charge in [-0.15, -0.1) is 0 Å². The molecule has 2 aromatic heterocycles. The maximum absolute atomic E-state index is 13.7. The highest BCUT2D eigenvalue weighted by atomic mass is 16.6. The number of pyridine rings is 2. The van der Waals surface area contributed by atoms with Gasteiger partial charge in [0.2, 0.25) is 11.7 Å². The van der Waals surface area contributed by atoms with Crippen LogP contribution in [0.5, 0.6) is 23.1 Å². The highest BCUT2D eigenvalue weighted by molar-refractivity contribution is 6.10. The predicted molar refractivity (Wildman–Crippen MR) is 203 cm³/mol. The van der Waals surface area contributed by atoms with Gasteiger partial charge in [-0.1, -0.05) is 18.2 Å². The number of carbonyl (C=O) groups excluding carboxylic acids is 3. The standard InChI is InChI=1S/C41H44N8O5/c1-24(2)45-37-32(21-44-40-38(37)53-34-11-8-26(19-42)18-35(34)54-40)39(51)46-28-9-6-25(7-10-28)23-48-15-12-27(13-16-48)29-4-3-5-30-31(29)20-43-22-33(30)49-17-14-36(50)47-41(49)52/h3-5,8,11,18,20-22,24-25,27-28H,6-7,9-10,12-17,23H2,1-2H3,(H,44,45)(H,46,51)(H,47,50,52). The molecule has 0 spiro atoms. The summed E-state index contributed by atoms with van der Waals surface area (Å²) in [7, 11) is 0. The van der Waals surface area contributed by atoms with Crippen molar-refractivity contribution in [2.45, 2.75) is 76.8 Å². The molecule has 278 valence electrons. The first-order valence-electron chi connectivity index (χ1n) is 18.9. The quantitative estimate of drug-likeness (QED) is 0.154. The number of hydrogen-bond donors (Lipinski definition) is 3. The van der Waals surface area contributed by atoms with Gasteiger partial charge in [-0.3, -0.25) is 24.8 Å². The molecule has 54 heavy (non-hydrogen) atoms. The number of ether oxygens (including phenoxy) is 2. The lowest BCUT2D eigenvalue weighted by molar-refractivity contribution is -0.120. The average molecular weight is 729 g/mol. The van der Waals surface area contributed by atoms with E-state index in [0.717, 1.165) is 74.6 Å². The Kier molecular flexibility index (Phi) is 9.77. The van der Waals surface area contributed by atoms with Gasteiger partial charge in [-0.05, 0) is 95.0 Å². The number of nitrogens with one attached hydrogen (secondary N) is 3. The summed E-state index contributed by atoms with van der Waals surface area (Å²) in [5, 5.41) is 20.4. The van der Waals surface area contributed by atoms with Crippen LogP contribution in [-0.2, 0) is 4.79 Å². The zero-order chi connectivity index (χ0) is 37.3. The number of rotatable bonds is 8. The van der Waals surface area contributed by atoms with Crippen molar-refractivity contribution in [3.63, 3.8) is 0 Å². The smallest absolute Gasteiger partial charge is 0.328 e. The third kappa shape index (κ3) is 7.13. The van der Waals surface area contributed by atoms with E-state index >= 15 is 0 Å². The van der Waals surface area contributed by atoms with Crippen molar-refractivity contribution in [3.05, 3.63) is 71.7 Å². The van der Waals surface area contributed by atoms with E-state index in [-0.39, 0.29) is 36.2 Å². The number of nitriles is 1. The van der Waals surface area contributed by atoms with Crippen LogP contribution in [0.25, 0.3) is 10.8 Å². The van der Waals surface area contributed by atoms with Crippen LogP contribution >= 0.6 is 0 Å². The molecule has 0 bridgehead atoms. The first kappa shape index (κ1) is 35.3. The average Bonchev–Trinajstić information content (AvgIpc) is 3.17. The number of aromatic nitrogens is 2. The predicted octanol–water partition coefficient (Wildman–Crippen LogP) is 6.83. The van der Waals surface area contributed by atoms with Crippen molar-refractivity contribution < 1.29 is 23.9 Å². The van der Waals surface area contributed by atoms with Crippen molar-refractivity contribution >= 4 is 40.0 Å². The molecule has 0 atom stereocenters. The number of hydrogen-bond acceptors (Lipinski definition) is 10. The second-order valence-corrected chi connectivity index (χ2v) is 15.1. The number of fused-ring (bicyclic) bond motifs is 3. The van der Waals surface area contributed by atoms with Crippen LogP contribution in [0.3, 0.4) is 0 Å². The van der Waals surface area contributed by atoms with Crippen molar-refractivity contribution in [3.8, 4) is 29.2 Å². The maximum atomic E-state index is 13.7. The molecule has 0 unspecified atom stereocenters. The van der Waals surface area contributed by atoms with Crippen LogP contribution in [0, 0.1) is 17.2 Å². The highest BCUT2D eigenvalue weighted by Gasteiger charge is 2.32. The molecule has 13 heteroatoms. The molecule has 4 amide bonds. The summed E-state index contributed by atoms with van der Waals surface area (Å²) in [5.41, 5.74) is 3.40. The van der Waals surface area contributed by atoms with Crippen molar-refractivity contribution in [1.82, 2.24) is 25.5 Å². The van der Waals surface area contributed by atoms with Gasteiger partial charge in [0.25, 0.3) is 11.8 Å². The van der Waals surface area contributed by atoms with Gasteiger partial charge in [0.15, 0.2) is 11.5 Å². The topological polar surface area (TPSA) is 162 Å². The Balaban J connectivity index is 0.857. The van der Waals surface area contributed by atoms with Gasteiger partial charge in [-0.25, -0.2) is 9.78 Å². The summed E-state index contributed by atoms with van der Waals surface area (Å²) in [6, 6.07) is 13.1. The Morgan fingerprint density at radius 2 is 1.80 bits per heavy atom. The number of anilines is 2. The summed E-state index contributed by atoms with van der Waals surface area (Å²) in [5.74, 6) is 2.01. The van der Waals surface area contributed by atoms with E-state index in [4.69, 9.17) is 9.47 Å². The number of urea groups is 1. The summed E-state index contributed by atoms with van der Waals surface area (Å²) >= 11 is 0. The van der Waals surface area contributed by atoms with E-state index in [1.807, 2.05) is 26.1 Å². The number of likely N-dealkylation sites (tertiary alicyclic amines) is 1. The molecule has 3 fully saturated rings. The highest BCUT2D eigenvalue weighted by Crippen LogP contribution is 2.49. The van der Waals surface area contributed by atoms with Gasteiger partial charge in [0, 0.05) is 60.8 Å². The van der Waals surface area contributed by atoms with E-state index < -0.39 is 6.03 Å². The van der Waals surface area contributed by atoms with Crippen LogP contribution in [0.15, 0.2) is 55.0 Å². The number of nitrogens with zero attached hydrogens (tertiary/aromatic N) is 5. The minimum atomic E-state index is -0.398. The number of amides is 4. The zero-order valence-electron chi connectivity index (χ0n) is 30.6. The molecular weight excluding hydrogens is 685 g/mol. The van der Waals surface area contributed by atoms with Crippen LogP contribution in [0.2, 0.25) is 0 Å². The van der Waals surface area contributed by atoms with Crippen LogP contribution < -0.4 is 30.3 Å². The lowest BCUT2D eigenvalue weighted by atomic mass is 9.83. The molecule has 0 radical (unpaired) electrons. The van der Waals surface area contributed by atoms with Crippen LogP contribution in [-0.4, -0.2) is 71.0 Å². The number of imide groups is 1. The fourth-order valence-corrected chi connectivity index (χ4v) is 8.31. The minimum absolute atomic E-state index is 0.0228. The van der Waals surface area contributed by atoms with Gasteiger partial charge < -0.3 is 25.0 Å². The summed E-state index contributed by atoms with van der Waals surface area (Å²) in [6.07, 6.45) is 11.5. The Hall–Kier alpha value is -5.74. The second-order valence-electron chi connectivity index (χ2n) is 15.1. The van der Waals surface area contributed by atoms with Crippen molar-refractivity contribution in [2.75, 3.05) is 36.4 Å². The summed E-state index contributed by atoms with van der Waals surface area (Å²) in [6.45, 7) is 7.44. The molecule has 3 aliphatic heterocycles. The molecule has 2 aromatic carbocycles. The van der Waals surface area contributed by atoms with E-state index in [1.165, 1.54) is 11.8 Å². The fourth-order valence-electron chi connectivity index (χ4n) is 8.31. The molecule has 2 saturated heterocycles. The van der Waals surface area contributed by atoms with Gasteiger partial charge in [-0.2, -0.15) is 5.26 Å². The second kappa shape index (κ2) is 14.9. The number of piperidine rings is 1. The number of benzene rings is 2. The summed E-state index contributed by atoms with van der Waals surface area (Å²) < 4.78 is 12.2. The van der Waals surface area contributed by atoms with Crippen LogP contribution in [0.4, 0.5) is 16.2 Å². The fraction of sp³-hybridized carbons (Fsp3) is 0.415. The molecule has 4 aromatic rings. The molecule has 1 aliphatic carbocycles. The lowest BCUT2D eigenvalue weighted by Crippen LogP contribution is -2.49. The third-order valence-electron chi connectivity index (χ3n) is 11.1. The molecule has 5 heterocycles. The molecule has 3 N–H and O–H groups in total. The number of carbonyl (C=O) groups is 3. The zero-order valence-corrected chi connectivity index (χ0v) is 30.6. The molecule has 1 saturated carbocycles. The first-order chi connectivity index (χ1) is 26.2. The SMILES string of the molecule is CC(C)Nc1c(C(=O)NC2CCC(CN3CCC(c4cccc5c(N6CCC(=O)NC6=O)cncc45)CC3)CC2)cnc2c1Oc1ccc(C#N)cc1O2. The van der Waals surface area contributed by atoms with Crippen molar-refractivity contribution in [1.29, 1.82) is 5.26 Å². The third-order valence-corrected chi connectivity index (χ3v) is 11.1. The Bertz CT molecular complexity index is 2150. The molecule has 4 aliphatic rings. The van der Waals surface area contributed by atoms with E-state index in [2.05, 4.69) is 49.0 Å². The molecular formula is C41H44N8O5. The normalized spacial score (nSPS) is 20.3. The Morgan fingerprint density at radius 1 is 0.981 bits per heavy atom.